The normalized spacial score (nSPS) is 11.2. The second-order valence-corrected chi connectivity index (χ2v) is 6.77. The number of hydrogen-bond acceptors (Lipinski definition) is 4. The summed E-state index contributed by atoms with van der Waals surface area (Å²) in [5.74, 6) is 0.298. The molecule has 1 N–H and O–H groups in total. The maximum absolute atomic E-state index is 12.4. The van der Waals surface area contributed by atoms with Gasteiger partial charge in [0.15, 0.2) is 0 Å². The smallest absolute Gasteiger partial charge is 0.263 e. The Balaban J connectivity index is 1.84. The van der Waals surface area contributed by atoms with Gasteiger partial charge in [-0.3, -0.25) is 9.71 Å². The number of rotatable bonds is 4. The molecular weight excluding hydrogens is 310 g/mol. The van der Waals surface area contributed by atoms with Crippen LogP contribution in [0.25, 0.3) is 11.1 Å². The topological polar surface area (TPSA) is 72.0 Å². The standard InChI is InChI=1S/C17H15N3O2S/c1-13-4-9-17(19-11-13)20-23(21,22)16-7-5-14(6-8-16)15-3-2-10-18-12-15/h2-12H,1H3,(H,19,20). The van der Waals surface area contributed by atoms with Gasteiger partial charge in [0.2, 0.25) is 0 Å². The first-order valence-electron chi connectivity index (χ1n) is 7.00. The van der Waals surface area contributed by atoms with Crippen molar-refractivity contribution in [3.8, 4) is 11.1 Å². The van der Waals surface area contributed by atoms with E-state index in [0.29, 0.717) is 5.82 Å². The van der Waals surface area contributed by atoms with Crippen molar-refractivity contribution < 1.29 is 8.42 Å². The van der Waals surface area contributed by atoms with Crippen LogP contribution >= 0.6 is 0 Å². The van der Waals surface area contributed by atoms with Gasteiger partial charge >= 0.3 is 0 Å². The summed E-state index contributed by atoms with van der Waals surface area (Å²) in [6, 6.07) is 13.9. The number of aromatic nitrogens is 2. The molecule has 0 aliphatic rings. The van der Waals surface area contributed by atoms with Crippen LogP contribution < -0.4 is 4.72 Å². The highest BCUT2D eigenvalue weighted by Gasteiger charge is 2.14. The molecule has 0 atom stereocenters. The minimum atomic E-state index is -3.65. The Morgan fingerprint density at radius 1 is 0.913 bits per heavy atom. The van der Waals surface area contributed by atoms with Crippen molar-refractivity contribution in [3.05, 3.63) is 72.7 Å². The highest BCUT2D eigenvalue weighted by molar-refractivity contribution is 7.92. The molecule has 0 bridgehead atoms. The van der Waals surface area contributed by atoms with Crippen LogP contribution in [-0.4, -0.2) is 18.4 Å². The first-order valence-corrected chi connectivity index (χ1v) is 8.49. The molecule has 23 heavy (non-hydrogen) atoms. The Bertz CT molecular complexity index is 891. The average molecular weight is 325 g/mol. The van der Waals surface area contributed by atoms with E-state index < -0.39 is 10.0 Å². The highest BCUT2D eigenvalue weighted by atomic mass is 32.2. The predicted octanol–water partition coefficient (Wildman–Crippen LogP) is 3.25. The van der Waals surface area contributed by atoms with E-state index in [1.165, 1.54) is 0 Å². The quantitative estimate of drug-likeness (QED) is 0.799. The van der Waals surface area contributed by atoms with E-state index in [4.69, 9.17) is 0 Å². The van der Waals surface area contributed by atoms with E-state index in [9.17, 15) is 8.42 Å². The Morgan fingerprint density at radius 2 is 1.70 bits per heavy atom. The first-order chi connectivity index (χ1) is 11.0. The molecule has 3 rings (SSSR count). The molecule has 0 unspecified atom stereocenters. The molecule has 1 aromatic carbocycles. The number of aryl methyl sites for hydroxylation is 1. The number of hydrogen-bond donors (Lipinski definition) is 1. The average Bonchev–Trinajstić information content (AvgIpc) is 2.58. The summed E-state index contributed by atoms with van der Waals surface area (Å²) in [6.07, 6.45) is 5.04. The molecule has 0 aliphatic heterocycles. The highest BCUT2D eigenvalue weighted by Crippen LogP contribution is 2.21. The fraction of sp³-hybridized carbons (Fsp3) is 0.0588. The molecule has 0 spiro atoms. The van der Waals surface area contributed by atoms with Crippen LogP contribution in [0, 0.1) is 6.92 Å². The fourth-order valence-electron chi connectivity index (χ4n) is 2.08. The monoisotopic (exact) mass is 325 g/mol. The van der Waals surface area contributed by atoms with Crippen molar-refractivity contribution in [1.29, 1.82) is 0 Å². The van der Waals surface area contributed by atoms with Gasteiger partial charge in [-0.15, -0.1) is 0 Å². The van der Waals surface area contributed by atoms with E-state index in [0.717, 1.165) is 16.7 Å². The summed E-state index contributed by atoms with van der Waals surface area (Å²) >= 11 is 0. The lowest BCUT2D eigenvalue weighted by molar-refractivity contribution is 0.601. The summed E-state index contributed by atoms with van der Waals surface area (Å²) in [6.45, 7) is 1.89. The minimum Gasteiger partial charge on any atom is -0.264 e. The van der Waals surface area contributed by atoms with Crippen molar-refractivity contribution in [2.75, 3.05) is 4.72 Å². The summed E-state index contributed by atoms with van der Waals surface area (Å²) in [4.78, 5) is 8.30. The summed E-state index contributed by atoms with van der Waals surface area (Å²) in [7, 11) is -3.65. The van der Waals surface area contributed by atoms with Crippen LogP contribution in [-0.2, 0) is 10.0 Å². The number of anilines is 1. The lowest BCUT2D eigenvalue weighted by Crippen LogP contribution is -2.13. The number of nitrogens with zero attached hydrogens (tertiary/aromatic N) is 2. The molecule has 5 nitrogen and oxygen atoms in total. The molecule has 0 saturated carbocycles. The Labute approximate surface area is 135 Å². The van der Waals surface area contributed by atoms with Gasteiger partial charge in [-0.2, -0.15) is 0 Å². The predicted molar refractivity (Wildman–Crippen MR) is 89.5 cm³/mol. The van der Waals surface area contributed by atoms with Crippen LogP contribution in [0.2, 0.25) is 0 Å². The molecule has 0 amide bonds. The number of nitrogens with one attached hydrogen (secondary N) is 1. The lowest BCUT2D eigenvalue weighted by atomic mass is 10.1. The van der Waals surface area contributed by atoms with Crippen molar-refractivity contribution in [2.24, 2.45) is 0 Å². The molecule has 0 aliphatic carbocycles. The second-order valence-electron chi connectivity index (χ2n) is 5.09. The van der Waals surface area contributed by atoms with E-state index in [2.05, 4.69) is 14.7 Å². The van der Waals surface area contributed by atoms with Crippen molar-refractivity contribution in [1.82, 2.24) is 9.97 Å². The third-order valence-electron chi connectivity index (χ3n) is 3.31. The van der Waals surface area contributed by atoms with Gasteiger partial charge in [0, 0.05) is 18.6 Å². The maximum Gasteiger partial charge on any atom is 0.263 e. The van der Waals surface area contributed by atoms with E-state index in [1.807, 2.05) is 19.1 Å². The van der Waals surface area contributed by atoms with Crippen molar-refractivity contribution >= 4 is 15.8 Å². The number of sulfonamides is 1. The van der Waals surface area contributed by atoms with Crippen LogP contribution in [0.15, 0.2) is 72.0 Å². The van der Waals surface area contributed by atoms with Gasteiger partial charge in [-0.05, 0) is 47.9 Å². The Kier molecular flexibility index (Phi) is 4.08. The third kappa shape index (κ3) is 3.54. The summed E-state index contributed by atoms with van der Waals surface area (Å²) in [5, 5.41) is 0. The SMILES string of the molecule is Cc1ccc(NS(=O)(=O)c2ccc(-c3cccnc3)cc2)nc1. The van der Waals surface area contributed by atoms with Gasteiger partial charge in [0.1, 0.15) is 5.82 Å². The van der Waals surface area contributed by atoms with E-state index in [-0.39, 0.29) is 4.90 Å². The molecular formula is C17H15N3O2S. The molecule has 0 saturated heterocycles. The zero-order chi connectivity index (χ0) is 16.3. The van der Waals surface area contributed by atoms with Gasteiger partial charge in [0.25, 0.3) is 10.0 Å². The first kappa shape index (κ1) is 15.2. The zero-order valence-electron chi connectivity index (χ0n) is 12.5. The van der Waals surface area contributed by atoms with Gasteiger partial charge < -0.3 is 0 Å². The molecule has 2 aromatic heterocycles. The third-order valence-corrected chi connectivity index (χ3v) is 4.68. The van der Waals surface area contributed by atoms with Crippen LogP contribution in [0.3, 0.4) is 0 Å². The maximum atomic E-state index is 12.4. The zero-order valence-corrected chi connectivity index (χ0v) is 13.3. The molecule has 3 aromatic rings. The lowest BCUT2D eigenvalue weighted by Gasteiger charge is -2.08. The van der Waals surface area contributed by atoms with Crippen LogP contribution in [0.4, 0.5) is 5.82 Å². The Morgan fingerprint density at radius 3 is 2.30 bits per heavy atom. The van der Waals surface area contributed by atoms with Crippen LogP contribution in [0.1, 0.15) is 5.56 Å². The molecule has 0 fully saturated rings. The van der Waals surface area contributed by atoms with Crippen molar-refractivity contribution in [3.63, 3.8) is 0 Å². The van der Waals surface area contributed by atoms with Gasteiger partial charge in [-0.1, -0.05) is 24.3 Å². The number of benzene rings is 1. The number of pyridine rings is 2. The van der Waals surface area contributed by atoms with Crippen molar-refractivity contribution in [2.45, 2.75) is 11.8 Å². The van der Waals surface area contributed by atoms with E-state index >= 15 is 0 Å². The Hall–Kier alpha value is -2.73. The molecule has 116 valence electrons. The fourth-order valence-corrected chi connectivity index (χ4v) is 3.09. The molecule has 6 heteroatoms. The van der Waals surface area contributed by atoms with E-state index in [1.54, 1.807) is 55.0 Å². The van der Waals surface area contributed by atoms with Crippen LogP contribution in [0.5, 0.6) is 0 Å². The minimum absolute atomic E-state index is 0.188. The largest absolute Gasteiger partial charge is 0.264 e. The molecule has 2 heterocycles. The second kappa shape index (κ2) is 6.18. The molecule has 0 radical (unpaired) electrons. The summed E-state index contributed by atoms with van der Waals surface area (Å²) < 4.78 is 27.2. The van der Waals surface area contributed by atoms with Gasteiger partial charge in [-0.25, -0.2) is 13.4 Å². The van der Waals surface area contributed by atoms with Gasteiger partial charge in [0.05, 0.1) is 4.90 Å². The summed E-state index contributed by atoms with van der Waals surface area (Å²) in [5.41, 5.74) is 2.81.